The van der Waals surface area contributed by atoms with E-state index >= 15 is 8.78 Å². The lowest BCUT2D eigenvalue weighted by atomic mass is 10.1. The number of ether oxygens (including phenoxy) is 3. The summed E-state index contributed by atoms with van der Waals surface area (Å²) in [5.41, 5.74) is -1.00. The fourth-order valence-corrected chi connectivity index (χ4v) is 6.79. The molecular weight excluding hydrogens is 650 g/mol. The number of rotatable bonds is 10. The second-order valence-electron chi connectivity index (χ2n) is 15.7. The van der Waals surface area contributed by atoms with Gasteiger partial charge < -0.3 is 28.1 Å². The summed E-state index contributed by atoms with van der Waals surface area (Å²) in [5, 5.41) is -0.184. The van der Waals surface area contributed by atoms with Crippen molar-refractivity contribution in [3.05, 3.63) is 75.6 Å². The second-order valence-corrected chi connectivity index (χ2v) is 20.5. The van der Waals surface area contributed by atoms with Crippen LogP contribution in [0.1, 0.15) is 82.8 Å². The number of aromatic nitrogens is 1. The van der Waals surface area contributed by atoms with Crippen LogP contribution in [0.15, 0.2) is 47.4 Å². The predicted molar refractivity (Wildman–Crippen MR) is 185 cm³/mol. The number of hydrogen-bond acceptors (Lipinski definition) is 7. The topological polar surface area (TPSA) is 96.3 Å². The molecule has 266 valence electrons. The quantitative estimate of drug-likeness (QED) is 0.156. The van der Waals surface area contributed by atoms with Crippen molar-refractivity contribution in [3.8, 4) is 5.75 Å². The Morgan fingerprint density at radius 3 is 2.29 bits per heavy atom. The number of likely N-dealkylation sites (tertiary alicyclic amines) is 1. The van der Waals surface area contributed by atoms with Crippen LogP contribution in [-0.4, -0.2) is 61.2 Å². The fourth-order valence-electron chi connectivity index (χ4n) is 5.71. The molecule has 1 aliphatic heterocycles. The van der Waals surface area contributed by atoms with Crippen molar-refractivity contribution in [2.75, 3.05) is 19.8 Å². The Hall–Kier alpha value is -3.77. The summed E-state index contributed by atoms with van der Waals surface area (Å²) in [6.07, 6.45) is 2.76. The highest BCUT2D eigenvalue weighted by molar-refractivity contribution is 6.74. The second kappa shape index (κ2) is 13.9. The molecule has 2 fully saturated rings. The molecule has 12 heteroatoms. The predicted octanol–water partition coefficient (Wildman–Crippen LogP) is 8.00. The highest BCUT2D eigenvalue weighted by atomic mass is 28.4. The third-order valence-electron chi connectivity index (χ3n) is 9.57. The van der Waals surface area contributed by atoms with Gasteiger partial charge in [-0.15, -0.1) is 0 Å². The Kier molecular flexibility index (Phi) is 10.3. The van der Waals surface area contributed by atoms with E-state index in [1.807, 2.05) is 6.07 Å². The smallest absolute Gasteiger partial charge is 0.410 e. The van der Waals surface area contributed by atoms with Gasteiger partial charge in [-0.25, -0.2) is 14.0 Å². The van der Waals surface area contributed by atoms with E-state index in [2.05, 4.69) is 33.9 Å². The summed E-state index contributed by atoms with van der Waals surface area (Å²) in [4.78, 5) is 41.7. The highest BCUT2D eigenvalue weighted by Crippen LogP contribution is 2.41. The zero-order valence-corrected chi connectivity index (χ0v) is 30.7. The van der Waals surface area contributed by atoms with E-state index in [9.17, 15) is 14.4 Å². The first-order valence-corrected chi connectivity index (χ1v) is 19.8. The van der Waals surface area contributed by atoms with Crippen molar-refractivity contribution in [2.24, 2.45) is 5.92 Å². The van der Waals surface area contributed by atoms with Gasteiger partial charge >= 0.3 is 12.1 Å². The molecule has 0 N–H and O–H groups in total. The molecule has 1 aromatic heterocycles. The van der Waals surface area contributed by atoms with Gasteiger partial charge in [0.25, 0.3) is 0 Å². The Balaban J connectivity index is 1.44. The maximum absolute atomic E-state index is 15.7. The van der Waals surface area contributed by atoms with E-state index in [1.54, 1.807) is 54.5 Å². The number of carbonyl (C=O) groups is 2. The number of fused-ring (bicyclic) bond motifs is 1. The normalized spacial score (nSPS) is 18.5. The van der Waals surface area contributed by atoms with Gasteiger partial charge in [-0.3, -0.25) is 4.79 Å². The van der Waals surface area contributed by atoms with Crippen molar-refractivity contribution in [1.82, 2.24) is 9.47 Å². The first-order chi connectivity index (χ1) is 22.9. The van der Waals surface area contributed by atoms with Crippen LogP contribution in [0.3, 0.4) is 0 Å². The summed E-state index contributed by atoms with van der Waals surface area (Å²) >= 11 is 0. The maximum atomic E-state index is 15.7. The molecule has 5 rings (SSSR count). The van der Waals surface area contributed by atoms with E-state index < -0.39 is 54.8 Å². The molecule has 1 saturated carbocycles. The van der Waals surface area contributed by atoms with Gasteiger partial charge in [0.1, 0.15) is 24.4 Å². The third kappa shape index (κ3) is 8.34. The molecule has 0 spiro atoms. The Labute approximate surface area is 287 Å². The van der Waals surface area contributed by atoms with E-state index in [4.69, 9.17) is 18.6 Å². The molecule has 2 atom stereocenters. The van der Waals surface area contributed by atoms with Gasteiger partial charge in [-0.05, 0) is 69.8 Å². The molecule has 0 bridgehead atoms. The number of nitrogens with zero attached hydrogens (tertiary/aromatic N) is 2. The standard InChI is InChI=1S/C37H48F2N2O7Si/c1-36(2,3)48-35(44)41-18-24(21-47-49(7,8)37(4,5)6)16-26(41)22-45-33-30(39)29(38)17-27-31(33)40(25-14-15-25)19-28(32(27)42)34(43)46-20-23-12-10-9-11-13-23/h9-13,17,19,24-26H,14-16,18,20-22H2,1-8H3/t24?,26-/m0/s1. The summed E-state index contributed by atoms with van der Waals surface area (Å²) in [6, 6.07) is 9.15. The van der Waals surface area contributed by atoms with Crippen LogP contribution < -0.4 is 10.2 Å². The molecule has 2 aromatic carbocycles. The fraction of sp³-hybridized carbons (Fsp3) is 0.541. The van der Waals surface area contributed by atoms with Crippen LogP contribution in [0.4, 0.5) is 13.6 Å². The lowest BCUT2D eigenvalue weighted by Gasteiger charge is -2.37. The van der Waals surface area contributed by atoms with Gasteiger partial charge in [0.2, 0.25) is 11.2 Å². The van der Waals surface area contributed by atoms with Gasteiger partial charge in [-0.2, -0.15) is 4.39 Å². The van der Waals surface area contributed by atoms with Crippen LogP contribution in [0.5, 0.6) is 5.75 Å². The third-order valence-corrected chi connectivity index (χ3v) is 14.1. The SMILES string of the molecule is CC(C)(C)OC(=O)N1CC(CO[Si](C)(C)C(C)(C)C)C[C@H]1COc1c(F)c(F)cc2c(=O)c(C(=O)OCc3ccccc3)cn(C3CC3)c12. The minimum Gasteiger partial charge on any atom is -0.486 e. The van der Waals surface area contributed by atoms with Gasteiger partial charge in [0.05, 0.1) is 16.9 Å². The molecule has 0 radical (unpaired) electrons. The van der Waals surface area contributed by atoms with Crippen molar-refractivity contribution in [2.45, 2.75) is 103 Å². The molecular formula is C37H48F2N2O7Si. The number of benzene rings is 2. The van der Waals surface area contributed by atoms with E-state index in [-0.39, 0.29) is 46.7 Å². The number of hydrogen-bond donors (Lipinski definition) is 0. The minimum atomic E-state index is -2.07. The summed E-state index contributed by atoms with van der Waals surface area (Å²) in [6.45, 7) is 16.7. The first-order valence-electron chi connectivity index (χ1n) is 16.9. The summed E-state index contributed by atoms with van der Waals surface area (Å²) in [5.74, 6) is -3.86. The van der Waals surface area contributed by atoms with Crippen LogP contribution >= 0.6 is 0 Å². The number of halogens is 2. The first kappa shape index (κ1) is 36.5. The molecule has 1 aliphatic carbocycles. The number of amides is 1. The highest BCUT2D eigenvalue weighted by Gasteiger charge is 2.42. The Morgan fingerprint density at radius 2 is 1.67 bits per heavy atom. The van der Waals surface area contributed by atoms with Crippen molar-refractivity contribution >= 4 is 31.3 Å². The summed E-state index contributed by atoms with van der Waals surface area (Å²) in [7, 11) is -2.07. The lowest BCUT2D eigenvalue weighted by molar-refractivity contribution is 0.0180. The molecule has 2 heterocycles. The monoisotopic (exact) mass is 698 g/mol. The largest absolute Gasteiger partial charge is 0.486 e. The zero-order valence-electron chi connectivity index (χ0n) is 29.7. The maximum Gasteiger partial charge on any atom is 0.410 e. The van der Waals surface area contributed by atoms with E-state index in [0.29, 0.717) is 19.6 Å². The van der Waals surface area contributed by atoms with Crippen LogP contribution in [-0.2, 0) is 20.5 Å². The number of esters is 1. The van der Waals surface area contributed by atoms with E-state index in [0.717, 1.165) is 24.5 Å². The Morgan fingerprint density at radius 1 is 1.00 bits per heavy atom. The molecule has 1 saturated heterocycles. The molecule has 1 unspecified atom stereocenters. The number of carbonyl (C=O) groups excluding carboxylic acids is 2. The van der Waals surface area contributed by atoms with Crippen LogP contribution in [0.25, 0.3) is 10.9 Å². The van der Waals surface area contributed by atoms with Crippen LogP contribution in [0.2, 0.25) is 18.1 Å². The minimum absolute atomic E-state index is 0.00474. The van der Waals surface area contributed by atoms with E-state index in [1.165, 1.54) is 6.20 Å². The van der Waals surface area contributed by atoms with Crippen molar-refractivity contribution in [3.63, 3.8) is 0 Å². The average molecular weight is 699 g/mol. The summed E-state index contributed by atoms with van der Waals surface area (Å²) < 4.78 is 56.1. The molecule has 9 nitrogen and oxygen atoms in total. The van der Waals surface area contributed by atoms with Gasteiger partial charge in [0.15, 0.2) is 19.9 Å². The molecule has 3 aromatic rings. The molecule has 2 aliphatic rings. The zero-order chi connectivity index (χ0) is 35.9. The van der Waals surface area contributed by atoms with Crippen LogP contribution in [0, 0.1) is 17.6 Å². The van der Waals surface area contributed by atoms with Gasteiger partial charge in [0, 0.05) is 31.3 Å². The molecule has 49 heavy (non-hydrogen) atoms. The van der Waals surface area contributed by atoms with Crippen molar-refractivity contribution in [1.29, 1.82) is 0 Å². The Bertz CT molecular complexity index is 1760. The van der Waals surface area contributed by atoms with Crippen molar-refractivity contribution < 1.29 is 37.0 Å². The average Bonchev–Trinajstić information content (AvgIpc) is 3.78. The molecule has 1 amide bonds. The van der Waals surface area contributed by atoms with Gasteiger partial charge in [-0.1, -0.05) is 51.1 Å². The lowest BCUT2D eigenvalue weighted by Crippen LogP contribution is -2.43. The number of pyridine rings is 1.